The molecule has 122 valence electrons. The summed E-state index contributed by atoms with van der Waals surface area (Å²) in [5.74, 6) is -0.112. The summed E-state index contributed by atoms with van der Waals surface area (Å²) in [6.07, 6.45) is 4.98. The molecule has 0 radical (unpaired) electrons. The van der Waals surface area contributed by atoms with Crippen LogP contribution in [0.2, 0.25) is 0 Å². The van der Waals surface area contributed by atoms with Crippen molar-refractivity contribution in [3.63, 3.8) is 0 Å². The van der Waals surface area contributed by atoms with Crippen molar-refractivity contribution in [3.05, 3.63) is 53.3 Å². The summed E-state index contributed by atoms with van der Waals surface area (Å²) in [6, 6.07) is 9.91. The molecule has 0 spiro atoms. The van der Waals surface area contributed by atoms with Crippen LogP contribution >= 0.6 is 0 Å². The molecule has 0 aliphatic rings. The van der Waals surface area contributed by atoms with Crippen LogP contribution in [-0.4, -0.2) is 17.4 Å². The second kappa shape index (κ2) is 8.32. The molecule has 1 aromatic carbocycles. The summed E-state index contributed by atoms with van der Waals surface area (Å²) >= 11 is 0. The summed E-state index contributed by atoms with van der Waals surface area (Å²) in [6.45, 7) is 6.98. The Labute approximate surface area is 138 Å². The fraction of sp³-hybridized carbons (Fsp3) is 0.368. The monoisotopic (exact) mass is 311 g/mol. The Hall–Kier alpha value is -2.36. The van der Waals surface area contributed by atoms with E-state index in [1.807, 2.05) is 6.07 Å². The van der Waals surface area contributed by atoms with Gasteiger partial charge in [0.05, 0.1) is 11.9 Å². The van der Waals surface area contributed by atoms with Crippen molar-refractivity contribution >= 4 is 17.3 Å². The second-order valence-electron chi connectivity index (χ2n) is 5.84. The topological polar surface area (TPSA) is 54.0 Å². The van der Waals surface area contributed by atoms with Gasteiger partial charge in [-0.15, -0.1) is 0 Å². The van der Waals surface area contributed by atoms with E-state index in [0.29, 0.717) is 12.2 Å². The highest BCUT2D eigenvalue weighted by Crippen LogP contribution is 2.21. The Bertz CT molecular complexity index is 650. The fourth-order valence-electron chi connectivity index (χ4n) is 2.30. The van der Waals surface area contributed by atoms with Crippen LogP contribution in [0.1, 0.15) is 47.8 Å². The van der Waals surface area contributed by atoms with Crippen LogP contribution in [0, 0.1) is 13.8 Å². The molecule has 0 saturated heterocycles. The number of unbranched alkanes of at least 4 members (excludes halogenated alkanes) is 2. The van der Waals surface area contributed by atoms with Gasteiger partial charge in [0.15, 0.2) is 0 Å². The molecule has 2 aromatic rings. The maximum Gasteiger partial charge on any atom is 0.269 e. The number of nitrogens with one attached hydrogen (secondary N) is 2. The maximum atomic E-state index is 12.0. The molecule has 2 N–H and O–H groups in total. The quantitative estimate of drug-likeness (QED) is 0.747. The van der Waals surface area contributed by atoms with Crippen LogP contribution in [-0.2, 0) is 0 Å². The number of anilines is 2. The highest BCUT2D eigenvalue weighted by molar-refractivity contribution is 5.92. The zero-order valence-electron chi connectivity index (χ0n) is 14.1. The first kappa shape index (κ1) is 17.0. The lowest BCUT2D eigenvalue weighted by atomic mass is 10.1. The van der Waals surface area contributed by atoms with Crippen LogP contribution in [0.3, 0.4) is 0 Å². The summed E-state index contributed by atoms with van der Waals surface area (Å²) < 4.78 is 0. The Morgan fingerprint density at radius 1 is 1.13 bits per heavy atom. The molecule has 0 saturated carbocycles. The van der Waals surface area contributed by atoms with Gasteiger partial charge >= 0.3 is 0 Å². The van der Waals surface area contributed by atoms with Crippen molar-refractivity contribution < 1.29 is 4.79 Å². The normalized spacial score (nSPS) is 10.4. The summed E-state index contributed by atoms with van der Waals surface area (Å²) in [7, 11) is 0. The number of carbonyl (C=O) groups excluding carboxylic acids is 1. The van der Waals surface area contributed by atoms with Crippen molar-refractivity contribution in [1.82, 2.24) is 10.3 Å². The van der Waals surface area contributed by atoms with E-state index in [9.17, 15) is 4.79 Å². The zero-order valence-corrected chi connectivity index (χ0v) is 14.1. The highest BCUT2D eigenvalue weighted by atomic mass is 16.1. The molecule has 1 heterocycles. The van der Waals surface area contributed by atoms with E-state index in [2.05, 4.69) is 54.6 Å². The molecule has 1 amide bonds. The molecule has 0 fully saturated rings. The molecule has 0 unspecified atom stereocenters. The maximum absolute atomic E-state index is 12.0. The fourth-order valence-corrected chi connectivity index (χ4v) is 2.30. The summed E-state index contributed by atoms with van der Waals surface area (Å²) in [4.78, 5) is 16.2. The minimum atomic E-state index is -0.112. The minimum Gasteiger partial charge on any atom is -0.354 e. The number of aryl methyl sites for hydroxylation is 2. The molecular weight excluding hydrogens is 286 g/mol. The van der Waals surface area contributed by atoms with Crippen LogP contribution in [0.25, 0.3) is 0 Å². The van der Waals surface area contributed by atoms with Gasteiger partial charge in [-0.05, 0) is 49.6 Å². The van der Waals surface area contributed by atoms with E-state index in [4.69, 9.17) is 0 Å². The van der Waals surface area contributed by atoms with Gasteiger partial charge < -0.3 is 10.6 Å². The second-order valence-corrected chi connectivity index (χ2v) is 5.84. The van der Waals surface area contributed by atoms with Crippen LogP contribution in [0.4, 0.5) is 11.4 Å². The Kier molecular flexibility index (Phi) is 6.15. The van der Waals surface area contributed by atoms with Crippen molar-refractivity contribution in [2.24, 2.45) is 0 Å². The minimum absolute atomic E-state index is 0.112. The number of aromatic nitrogens is 1. The average molecular weight is 311 g/mol. The van der Waals surface area contributed by atoms with Crippen molar-refractivity contribution in [1.29, 1.82) is 0 Å². The molecule has 4 nitrogen and oxygen atoms in total. The van der Waals surface area contributed by atoms with E-state index in [0.717, 1.165) is 30.6 Å². The SMILES string of the molecule is CCCCCNC(=O)c1ccc(Nc2cc(C)ccc2C)cn1. The number of hydrogen-bond acceptors (Lipinski definition) is 3. The molecule has 4 heteroatoms. The highest BCUT2D eigenvalue weighted by Gasteiger charge is 2.07. The molecule has 2 rings (SSSR count). The third-order valence-corrected chi connectivity index (χ3v) is 3.73. The standard InChI is InChI=1S/C19H25N3O/c1-4-5-6-11-20-19(23)17-10-9-16(13-21-17)22-18-12-14(2)7-8-15(18)3/h7-10,12-13,22H,4-6,11H2,1-3H3,(H,20,23). The third-order valence-electron chi connectivity index (χ3n) is 3.73. The molecule has 0 bridgehead atoms. The summed E-state index contributed by atoms with van der Waals surface area (Å²) in [5, 5.41) is 6.24. The van der Waals surface area contributed by atoms with Crippen molar-refractivity contribution in [2.45, 2.75) is 40.0 Å². The first-order valence-corrected chi connectivity index (χ1v) is 8.18. The van der Waals surface area contributed by atoms with Crippen LogP contribution < -0.4 is 10.6 Å². The van der Waals surface area contributed by atoms with E-state index >= 15 is 0 Å². The smallest absolute Gasteiger partial charge is 0.269 e. The first-order chi connectivity index (χ1) is 11.1. The molecular formula is C19H25N3O. The molecule has 0 atom stereocenters. The van der Waals surface area contributed by atoms with Crippen LogP contribution in [0.15, 0.2) is 36.5 Å². The lowest BCUT2D eigenvalue weighted by Crippen LogP contribution is -2.25. The Balaban J connectivity index is 1.96. The number of hydrogen-bond donors (Lipinski definition) is 2. The van der Waals surface area contributed by atoms with Crippen molar-refractivity contribution in [2.75, 3.05) is 11.9 Å². The lowest BCUT2D eigenvalue weighted by molar-refractivity contribution is 0.0948. The third kappa shape index (κ3) is 5.09. The number of nitrogens with zero attached hydrogens (tertiary/aromatic N) is 1. The number of benzene rings is 1. The van der Waals surface area contributed by atoms with E-state index in [-0.39, 0.29) is 5.91 Å². The van der Waals surface area contributed by atoms with Gasteiger partial charge in [-0.3, -0.25) is 4.79 Å². The number of pyridine rings is 1. The molecule has 1 aromatic heterocycles. The van der Waals surface area contributed by atoms with Gasteiger partial charge in [-0.1, -0.05) is 31.9 Å². The van der Waals surface area contributed by atoms with Crippen LogP contribution in [0.5, 0.6) is 0 Å². The number of amides is 1. The van der Waals surface area contributed by atoms with Crippen molar-refractivity contribution in [3.8, 4) is 0 Å². The van der Waals surface area contributed by atoms with E-state index in [1.165, 1.54) is 11.1 Å². The molecule has 0 aliphatic heterocycles. The Morgan fingerprint density at radius 3 is 2.65 bits per heavy atom. The largest absolute Gasteiger partial charge is 0.354 e. The first-order valence-electron chi connectivity index (χ1n) is 8.18. The van der Waals surface area contributed by atoms with Gasteiger partial charge in [0.2, 0.25) is 0 Å². The van der Waals surface area contributed by atoms with Gasteiger partial charge in [0.1, 0.15) is 5.69 Å². The predicted octanol–water partition coefficient (Wildman–Crippen LogP) is 4.36. The number of rotatable bonds is 7. The van der Waals surface area contributed by atoms with Gasteiger partial charge in [0.25, 0.3) is 5.91 Å². The van der Waals surface area contributed by atoms with Gasteiger partial charge in [-0.25, -0.2) is 4.98 Å². The number of carbonyl (C=O) groups is 1. The average Bonchev–Trinajstić information content (AvgIpc) is 2.55. The lowest BCUT2D eigenvalue weighted by Gasteiger charge is -2.11. The van der Waals surface area contributed by atoms with Gasteiger partial charge in [-0.2, -0.15) is 0 Å². The predicted molar refractivity (Wildman–Crippen MR) is 95.3 cm³/mol. The zero-order chi connectivity index (χ0) is 16.7. The molecule has 0 aliphatic carbocycles. The molecule has 23 heavy (non-hydrogen) atoms. The Morgan fingerprint density at radius 2 is 1.96 bits per heavy atom. The summed E-state index contributed by atoms with van der Waals surface area (Å²) in [5.41, 5.74) is 4.76. The van der Waals surface area contributed by atoms with E-state index in [1.54, 1.807) is 12.3 Å². The van der Waals surface area contributed by atoms with E-state index < -0.39 is 0 Å². The van der Waals surface area contributed by atoms with Gasteiger partial charge in [0, 0.05) is 12.2 Å².